The molecular weight excluding hydrogens is 160 g/mol. The highest BCUT2D eigenvalue weighted by Gasteiger charge is 2.13. The van der Waals surface area contributed by atoms with Crippen LogP contribution >= 0.6 is 0 Å². The highest BCUT2D eigenvalue weighted by Crippen LogP contribution is 2.17. The molecule has 0 aliphatic heterocycles. The van der Waals surface area contributed by atoms with Gasteiger partial charge >= 0.3 is 0 Å². The molecule has 0 heterocycles. The van der Waals surface area contributed by atoms with Gasteiger partial charge in [0.25, 0.3) is 0 Å². The third-order valence-electron chi connectivity index (χ3n) is 2.50. The SMILES string of the molecule is CCC=CC(O)C(CC)CCCC. The molecule has 1 nitrogen and oxygen atoms in total. The van der Waals surface area contributed by atoms with Gasteiger partial charge < -0.3 is 5.11 Å². The Bertz CT molecular complexity index is 129. The molecule has 0 rings (SSSR count). The van der Waals surface area contributed by atoms with Crippen LogP contribution in [0.2, 0.25) is 0 Å². The minimum Gasteiger partial charge on any atom is -0.389 e. The topological polar surface area (TPSA) is 20.2 Å². The van der Waals surface area contributed by atoms with E-state index in [0.717, 1.165) is 19.3 Å². The third kappa shape index (κ3) is 5.87. The number of hydrogen-bond donors (Lipinski definition) is 1. The van der Waals surface area contributed by atoms with Crippen LogP contribution in [-0.2, 0) is 0 Å². The summed E-state index contributed by atoms with van der Waals surface area (Å²) in [6.07, 6.45) is 9.48. The molecule has 2 unspecified atom stereocenters. The van der Waals surface area contributed by atoms with Crippen LogP contribution in [0.1, 0.15) is 52.9 Å². The lowest BCUT2D eigenvalue weighted by atomic mass is 9.93. The van der Waals surface area contributed by atoms with Crippen molar-refractivity contribution in [3.05, 3.63) is 12.2 Å². The molecule has 1 N–H and O–H groups in total. The van der Waals surface area contributed by atoms with Crippen molar-refractivity contribution in [2.24, 2.45) is 5.92 Å². The normalized spacial score (nSPS) is 16.3. The van der Waals surface area contributed by atoms with Gasteiger partial charge in [-0.05, 0) is 18.8 Å². The number of hydrogen-bond acceptors (Lipinski definition) is 1. The number of aliphatic hydroxyl groups excluding tert-OH is 1. The average Bonchev–Trinajstić information content (AvgIpc) is 2.16. The highest BCUT2D eigenvalue weighted by molar-refractivity contribution is 4.90. The van der Waals surface area contributed by atoms with Crippen LogP contribution in [0.15, 0.2) is 12.2 Å². The quantitative estimate of drug-likeness (QED) is 0.600. The first kappa shape index (κ1) is 12.7. The van der Waals surface area contributed by atoms with E-state index in [1.165, 1.54) is 12.8 Å². The summed E-state index contributed by atoms with van der Waals surface area (Å²) >= 11 is 0. The second kappa shape index (κ2) is 8.31. The molecule has 13 heavy (non-hydrogen) atoms. The molecule has 0 fully saturated rings. The minimum atomic E-state index is -0.225. The summed E-state index contributed by atoms with van der Waals surface area (Å²) in [7, 11) is 0. The number of allylic oxidation sites excluding steroid dienone is 1. The van der Waals surface area contributed by atoms with Crippen molar-refractivity contribution >= 4 is 0 Å². The zero-order valence-electron chi connectivity index (χ0n) is 9.29. The van der Waals surface area contributed by atoms with Crippen molar-refractivity contribution in [3.63, 3.8) is 0 Å². The molecule has 0 aromatic carbocycles. The highest BCUT2D eigenvalue weighted by atomic mass is 16.3. The van der Waals surface area contributed by atoms with E-state index < -0.39 is 0 Å². The summed E-state index contributed by atoms with van der Waals surface area (Å²) in [6.45, 7) is 6.44. The first-order valence-electron chi connectivity index (χ1n) is 5.60. The van der Waals surface area contributed by atoms with Gasteiger partial charge in [-0.15, -0.1) is 0 Å². The fourth-order valence-electron chi connectivity index (χ4n) is 1.52. The predicted molar refractivity (Wildman–Crippen MR) is 58.7 cm³/mol. The minimum absolute atomic E-state index is 0.225. The van der Waals surface area contributed by atoms with Crippen LogP contribution < -0.4 is 0 Å². The van der Waals surface area contributed by atoms with Crippen LogP contribution in [0.5, 0.6) is 0 Å². The maximum absolute atomic E-state index is 9.78. The Hall–Kier alpha value is -0.300. The van der Waals surface area contributed by atoms with Crippen molar-refractivity contribution < 1.29 is 5.11 Å². The monoisotopic (exact) mass is 184 g/mol. The Morgan fingerprint density at radius 3 is 2.38 bits per heavy atom. The standard InChI is InChI=1S/C12H24O/c1-4-7-9-11(6-3)12(13)10-8-5-2/h8,10-13H,4-7,9H2,1-3H3. The maximum atomic E-state index is 9.78. The second-order valence-electron chi connectivity index (χ2n) is 3.64. The van der Waals surface area contributed by atoms with Crippen molar-refractivity contribution in [2.45, 2.75) is 59.0 Å². The summed E-state index contributed by atoms with van der Waals surface area (Å²) in [5.74, 6) is 0.461. The molecule has 2 atom stereocenters. The molecule has 78 valence electrons. The van der Waals surface area contributed by atoms with Crippen LogP contribution in [-0.4, -0.2) is 11.2 Å². The molecule has 0 aromatic rings. The summed E-state index contributed by atoms with van der Waals surface area (Å²) in [4.78, 5) is 0. The van der Waals surface area contributed by atoms with Gasteiger partial charge in [0, 0.05) is 0 Å². The fraction of sp³-hybridized carbons (Fsp3) is 0.833. The Kier molecular flexibility index (Phi) is 8.11. The van der Waals surface area contributed by atoms with Crippen molar-refractivity contribution in [3.8, 4) is 0 Å². The average molecular weight is 184 g/mol. The van der Waals surface area contributed by atoms with Gasteiger partial charge in [0.2, 0.25) is 0 Å². The zero-order chi connectivity index (χ0) is 10.1. The molecule has 0 aliphatic rings. The van der Waals surface area contributed by atoms with E-state index in [1.807, 2.05) is 6.08 Å². The van der Waals surface area contributed by atoms with Crippen LogP contribution in [0.3, 0.4) is 0 Å². The largest absolute Gasteiger partial charge is 0.389 e. The fourth-order valence-corrected chi connectivity index (χ4v) is 1.52. The molecule has 0 aromatic heterocycles. The van der Waals surface area contributed by atoms with Gasteiger partial charge in [-0.2, -0.15) is 0 Å². The molecule has 0 bridgehead atoms. The second-order valence-corrected chi connectivity index (χ2v) is 3.64. The van der Waals surface area contributed by atoms with Crippen molar-refractivity contribution in [2.75, 3.05) is 0 Å². The molecule has 0 saturated carbocycles. The summed E-state index contributed by atoms with van der Waals surface area (Å²) in [5, 5.41) is 9.78. The lowest BCUT2D eigenvalue weighted by Gasteiger charge is -2.18. The summed E-state index contributed by atoms with van der Waals surface area (Å²) in [6, 6.07) is 0. The first-order valence-corrected chi connectivity index (χ1v) is 5.60. The number of unbranched alkanes of at least 4 members (excludes halogenated alkanes) is 1. The predicted octanol–water partition coefficient (Wildman–Crippen LogP) is 3.53. The number of aliphatic hydroxyl groups is 1. The van der Waals surface area contributed by atoms with Crippen molar-refractivity contribution in [1.82, 2.24) is 0 Å². The Balaban J connectivity index is 3.83. The third-order valence-corrected chi connectivity index (χ3v) is 2.50. The molecule has 0 aliphatic carbocycles. The van der Waals surface area contributed by atoms with Crippen molar-refractivity contribution in [1.29, 1.82) is 0 Å². The van der Waals surface area contributed by atoms with Gasteiger partial charge in [0.1, 0.15) is 0 Å². The summed E-state index contributed by atoms with van der Waals surface area (Å²) in [5.41, 5.74) is 0. The maximum Gasteiger partial charge on any atom is 0.0748 e. The van der Waals surface area contributed by atoms with Crippen LogP contribution in [0.25, 0.3) is 0 Å². The van der Waals surface area contributed by atoms with Gasteiger partial charge in [-0.1, -0.05) is 52.2 Å². The van der Waals surface area contributed by atoms with Gasteiger partial charge in [-0.25, -0.2) is 0 Å². The number of rotatable bonds is 7. The van der Waals surface area contributed by atoms with E-state index in [1.54, 1.807) is 0 Å². The molecule has 0 amide bonds. The smallest absolute Gasteiger partial charge is 0.0748 e. The molecule has 1 heteroatoms. The summed E-state index contributed by atoms with van der Waals surface area (Å²) < 4.78 is 0. The van der Waals surface area contributed by atoms with E-state index in [2.05, 4.69) is 26.8 Å². The molecule has 0 radical (unpaired) electrons. The Morgan fingerprint density at radius 2 is 1.92 bits per heavy atom. The van der Waals surface area contributed by atoms with E-state index in [0.29, 0.717) is 5.92 Å². The van der Waals surface area contributed by atoms with Crippen LogP contribution in [0.4, 0.5) is 0 Å². The van der Waals surface area contributed by atoms with E-state index in [9.17, 15) is 5.11 Å². The lowest BCUT2D eigenvalue weighted by Crippen LogP contribution is -2.17. The molecular formula is C12H24O. The van der Waals surface area contributed by atoms with Gasteiger partial charge in [0.15, 0.2) is 0 Å². The lowest BCUT2D eigenvalue weighted by molar-refractivity contribution is 0.141. The van der Waals surface area contributed by atoms with E-state index >= 15 is 0 Å². The molecule has 0 saturated heterocycles. The zero-order valence-corrected chi connectivity index (χ0v) is 9.29. The Labute approximate surface area is 82.9 Å². The van der Waals surface area contributed by atoms with Gasteiger partial charge in [-0.3, -0.25) is 0 Å². The van der Waals surface area contributed by atoms with E-state index in [-0.39, 0.29) is 6.10 Å². The first-order chi connectivity index (χ1) is 6.26. The Morgan fingerprint density at radius 1 is 1.23 bits per heavy atom. The van der Waals surface area contributed by atoms with E-state index in [4.69, 9.17) is 0 Å². The molecule has 0 spiro atoms. The van der Waals surface area contributed by atoms with Crippen LogP contribution in [0, 0.1) is 5.92 Å². The van der Waals surface area contributed by atoms with Gasteiger partial charge in [0.05, 0.1) is 6.10 Å².